The number of amides is 6. The summed E-state index contributed by atoms with van der Waals surface area (Å²) >= 11 is 10.6. The van der Waals surface area contributed by atoms with Crippen LogP contribution in [-0.4, -0.2) is 185 Å². The average Bonchev–Trinajstić information content (AvgIpc) is 1.56. The second-order valence-electron chi connectivity index (χ2n) is 25.3. The van der Waals surface area contributed by atoms with Crippen molar-refractivity contribution in [3.8, 4) is 22.5 Å². The Morgan fingerprint density at radius 2 is 1.47 bits per heavy atom. The van der Waals surface area contributed by atoms with Gasteiger partial charge in [-0.3, -0.25) is 60.8 Å². The fourth-order valence-electron chi connectivity index (χ4n) is 12.8. The van der Waals surface area contributed by atoms with Crippen LogP contribution in [0.1, 0.15) is 62.3 Å². The van der Waals surface area contributed by atoms with Crippen molar-refractivity contribution in [2.75, 3.05) is 62.9 Å². The molecule has 10 heterocycles. The fraction of sp³-hybridized carbons (Fsp3) is 0.422. The molecule has 8 aromatic rings. The van der Waals surface area contributed by atoms with Gasteiger partial charge in [-0.25, -0.2) is 38.1 Å². The first kappa shape index (κ1) is 74.2. The Labute approximate surface area is 615 Å². The Bertz CT molecular complexity index is 4760. The first-order chi connectivity index (χ1) is 49.9. The number of aliphatic hydroxyl groups is 1. The van der Waals surface area contributed by atoms with Gasteiger partial charge in [0.2, 0.25) is 35.4 Å². The molecule has 11 atom stereocenters. The number of fused-ring (bicyclic) bond motifs is 9. The number of nitrogens with zero attached hydrogens (tertiary/aromatic N) is 11. The molecular formula is C64H71FIN17O17P2S2. The van der Waals surface area contributed by atoms with Crippen LogP contribution in [0, 0.1) is 0 Å². The molecule has 34 nitrogen and oxygen atoms in total. The number of carbonyl (C=O) groups excluding carboxylic acids is 6. The predicted octanol–water partition coefficient (Wildman–Crippen LogP) is 4.33. The van der Waals surface area contributed by atoms with E-state index in [-0.39, 0.29) is 62.8 Å². The monoisotopic (exact) mass is 1620 g/mol. The molecule has 5 aromatic heterocycles. The quantitative estimate of drug-likeness (QED) is 0.0121. The van der Waals surface area contributed by atoms with Gasteiger partial charge < -0.3 is 60.7 Å². The standard InChI is InChI=1S/C64H71FIN17O17P2S2/c1-64(2,66)83-53-38-15-7-6-13-36(38)27-80(41-17-9-8-16-39(41)51(53)77-78-83)48(88)19-18-44(84)68-24-45(85)69-26-47(87)76-40(23-35-11-4-3-5-12-35)60(90)70-25-46(86)75-34-94-22-21-79-32-74-59-52(61(79)91)73-33-82(59)63-56-54(89)42(97-63)29-95-101(92,103)99-55-43(30-96-102(93,104)100-56)98-62(50(55)65)81-28-37-14-10-20-67-57-49(37)58(81)72-31-71-57/h3-9,11-13,15-17,28,31-33,40,42-43,50,54-56,62-63,89H,10,14,18-27,29-30,34H2,1-2H3,(H,68,84)(H,69,85)(H,70,90)(H,75,86)(H,76,87)(H,92,103)(H,93,104)(H,67,71,72)/t40-,42+,43+,50+,54+,55+,56+,62+,63+,101?,102?/m0/s1. The van der Waals surface area contributed by atoms with Gasteiger partial charge in [0.1, 0.15) is 76.7 Å². The molecule has 0 saturated carbocycles. The highest BCUT2D eigenvalue weighted by atomic mass is 127. The molecule has 0 aliphatic carbocycles. The maximum Gasteiger partial charge on any atom is 0.386 e. The first-order valence-corrected chi connectivity index (χ1v) is 39.4. The van der Waals surface area contributed by atoms with E-state index in [0.29, 0.717) is 52.3 Å². The van der Waals surface area contributed by atoms with E-state index in [1.165, 1.54) is 32.7 Å². The number of hydrogen-bond acceptors (Lipinski definition) is 24. The first-order valence-electron chi connectivity index (χ1n) is 33.0. The number of rotatable bonds is 21. The van der Waals surface area contributed by atoms with E-state index in [2.05, 4.69) is 109 Å². The van der Waals surface area contributed by atoms with Crippen LogP contribution in [0.25, 0.3) is 44.7 Å². The molecule has 7 N–H and O–H groups in total. The molecule has 104 heavy (non-hydrogen) atoms. The molecule has 3 fully saturated rings. The Morgan fingerprint density at radius 3 is 2.26 bits per heavy atom. The van der Waals surface area contributed by atoms with E-state index >= 15 is 4.39 Å². The van der Waals surface area contributed by atoms with Gasteiger partial charge in [0.25, 0.3) is 5.56 Å². The zero-order valence-corrected chi connectivity index (χ0v) is 61.3. The smallest absolute Gasteiger partial charge is 0.386 e. The number of nitrogens with one attached hydrogen (secondary N) is 6. The maximum absolute atomic E-state index is 16.7. The number of para-hydroxylation sites is 1. The Balaban J connectivity index is 0.560. The number of carbonyl (C=O) groups is 6. The molecule has 2 bridgehead atoms. The number of anilines is 2. The number of aliphatic hydroxyl groups excluding tert-OH is 1. The van der Waals surface area contributed by atoms with Crippen LogP contribution in [0.2, 0.25) is 0 Å². The number of ether oxygens (including phenoxy) is 3. The summed E-state index contributed by atoms with van der Waals surface area (Å²) in [5.41, 5.74) is 5.40. The third kappa shape index (κ3) is 16.5. The molecule has 550 valence electrons. The SMILES string of the molecule is CC(C)(I)n1nnc2c1-c1ccccc1CN(C(=O)CCC(=O)NCC(=O)NCC(=O)N[C@@H](Cc1ccccc1)C(=O)NCC(=O)NCOCCn1cnc3c(ncn3[C@@H]3O[C@@H]4COP(=O)(S)O[C@H]5[C@@H](F)[C@H](n6cc7c8c(ncnc86)NCCC7)O[C@@H]5COP(=O)(S)O[C@@H]3[C@@H]4O)c1=O)c1ccccc1-2. The number of aromatic nitrogens is 10. The van der Waals surface area contributed by atoms with Crippen LogP contribution in [0.15, 0.2) is 109 Å². The normalized spacial score (nSPS) is 24.1. The summed E-state index contributed by atoms with van der Waals surface area (Å²) in [5.74, 6) is -3.24. The van der Waals surface area contributed by atoms with Gasteiger partial charge in [-0.05, 0) is 49.4 Å². The summed E-state index contributed by atoms with van der Waals surface area (Å²) in [6.45, 7) is -7.78. The van der Waals surface area contributed by atoms with E-state index in [0.717, 1.165) is 28.8 Å². The van der Waals surface area contributed by atoms with Gasteiger partial charge in [-0.1, -0.05) is 125 Å². The lowest BCUT2D eigenvalue weighted by Crippen LogP contribution is -2.52. The summed E-state index contributed by atoms with van der Waals surface area (Å²) in [6.07, 6.45) is -6.34. The van der Waals surface area contributed by atoms with E-state index < -0.39 is 140 Å². The fourth-order valence-corrected chi connectivity index (χ4v) is 16.1. The van der Waals surface area contributed by atoms with Crippen molar-refractivity contribution in [3.63, 3.8) is 0 Å². The second-order valence-corrected chi connectivity index (χ2v) is 33.7. The average molecular weight is 1620 g/mol. The van der Waals surface area contributed by atoms with Gasteiger partial charge in [-0.15, -0.1) is 5.10 Å². The van der Waals surface area contributed by atoms with Crippen molar-refractivity contribution in [2.24, 2.45) is 0 Å². The van der Waals surface area contributed by atoms with Crippen LogP contribution < -0.4 is 42.4 Å². The van der Waals surface area contributed by atoms with Crippen molar-refractivity contribution >= 4 is 130 Å². The Morgan fingerprint density at radius 1 is 0.779 bits per heavy atom. The lowest BCUT2D eigenvalue weighted by atomic mass is 9.95. The highest BCUT2D eigenvalue weighted by molar-refractivity contribution is 14.1. The zero-order valence-electron chi connectivity index (χ0n) is 55.6. The highest BCUT2D eigenvalue weighted by Crippen LogP contribution is 2.61. The molecule has 13 rings (SSSR count). The van der Waals surface area contributed by atoms with Gasteiger partial charge in [0.15, 0.2) is 29.8 Å². The lowest BCUT2D eigenvalue weighted by molar-refractivity contribution is -0.131. The van der Waals surface area contributed by atoms with Gasteiger partial charge in [-0.2, -0.15) is 0 Å². The molecule has 0 spiro atoms. The molecule has 2 unspecified atom stereocenters. The number of alkyl halides is 2. The summed E-state index contributed by atoms with van der Waals surface area (Å²) in [6, 6.07) is 22.6. The van der Waals surface area contributed by atoms with Gasteiger partial charge >= 0.3 is 13.6 Å². The predicted molar refractivity (Wildman–Crippen MR) is 384 cm³/mol. The summed E-state index contributed by atoms with van der Waals surface area (Å²) in [4.78, 5) is 113. The zero-order chi connectivity index (χ0) is 73.2. The van der Waals surface area contributed by atoms with Crippen LogP contribution in [0.5, 0.6) is 0 Å². The van der Waals surface area contributed by atoms with E-state index in [4.69, 9.17) is 32.3 Å². The Hall–Kier alpha value is -8.11. The van der Waals surface area contributed by atoms with E-state index in [1.807, 2.05) is 67.1 Å². The number of thiol groups is 2. The second kappa shape index (κ2) is 31.5. The number of aryl methyl sites for hydroxylation is 1. The van der Waals surface area contributed by atoms with Gasteiger partial charge in [0, 0.05) is 43.1 Å². The van der Waals surface area contributed by atoms with Crippen LogP contribution in [0.4, 0.5) is 15.9 Å². The van der Waals surface area contributed by atoms with Crippen molar-refractivity contribution in [3.05, 3.63) is 131 Å². The van der Waals surface area contributed by atoms with Crippen molar-refractivity contribution in [1.29, 1.82) is 0 Å². The molecular weight excluding hydrogens is 1550 g/mol. The summed E-state index contributed by atoms with van der Waals surface area (Å²) in [7, 11) is 0. The third-order valence-electron chi connectivity index (χ3n) is 17.8. The van der Waals surface area contributed by atoms with Crippen LogP contribution in [0.3, 0.4) is 0 Å². The minimum absolute atomic E-state index is 0.00438. The number of benzene rings is 3. The van der Waals surface area contributed by atoms with Crippen molar-refractivity contribution in [1.82, 2.24) is 75.2 Å². The molecule has 6 amide bonds. The minimum Gasteiger partial charge on any atom is -0.387 e. The van der Waals surface area contributed by atoms with Crippen molar-refractivity contribution in [2.45, 2.75) is 118 Å². The van der Waals surface area contributed by atoms with Crippen LogP contribution in [-0.2, 0) is 99.7 Å². The Kier molecular flexibility index (Phi) is 22.5. The van der Waals surface area contributed by atoms with Crippen LogP contribution >= 0.6 is 60.7 Å². The molecule has 3 saturated heterocycles. The van der Waals surface area contributed by atoms with E-state index in [1.54, 1.807) is 41.4 Å². The number of hydrogen-bond donors (Lipinski definition) is 9. The maximum atomic E-state index is 16.7. The van der Waals surface area contributed by atoms with Gasteiger partial charge in [0.05, 0.1) is 75.6 Å². The number of halogens is 2. The summed E-state index contributed by atoms with van der Waals surface area (Å²) in [5, 5.41) is 37.1. The topological polar surface area (TPSA) is 411 Å². The van der Waals surface area contributed by atoms with E-state index in [9.17, 15) is 47.8 Å². The largest absolute Gasteiger partial charge is 0.387 e. The molecule has 5 aliphatic rings. The molecule has 0 radical (unpaired) electrons. The molecule has 3 aromatic carbocycles. The van der Waals surface area contributed by atoms with Crippen molar-refractivity contribution < 1.29 is 79.7 Å². The minimum atomic E-state index is -4.56. The summed E-state index contributed by atoms with van der Waals surface area (Å²) < 4.78 is 90.7. The molecule has 40 heteroatoms. The third-order valence-corrected chi connectivity index (χ3v) is 21.5. The molecule has 5 aliphatic heterocycles. The highest BCUT2D eigenvalue weighted by Gasteiger charge is 2.54. The lowest BCUT2D eigenvalue weighted by Gasteiger charge is -2.29. The number of imidazole rings is 1.